The highest BCUT2D eigenvalue weighted by atomic mass is 16.6. The van der Waals surface area contributed by atoms with Gasteiger partial charge in [0.1, 0.15) is 17.5 Å². The van der Waals surface area contributed by atoms with Gasteiger partial charge in [-0.05, 0) is 88.5 Å². The number of fused-ring (bicyclic) bond motifs is 8. The molecule has 2 unspecified atom stereocenters. The molecule has 2 atom stereocenters. The SMILES string of the molecule is CC(NC(/N=C(\N)c1ccccc1)c1cccc(-c2cccc(-n3c4ccc5ccccc5c4c4ccc5c(c43)Oc3ccccc3O5)c2)c1)c1ccccc1. The summed E-state index contributed by atoms with van der Waals surface area (Å²) in [6.07, 6.45) is -0.397. The number of rotatable bonds is 8. The molecule has 0 bridgehead atoms. The zero-order valence-corrected chi connectivity index (χ0v) is 30.8. The van der Waals surface area contributed by atoms with Gasteiger partial charge < -0.3 is 19.8 Å². The van der Waals surface area contributed by atoms with Crippen LogP contribution in [0.2, 0.25) is 0 Å². The highest BCUT2D eigenvalue weighted by Crippen LogP contribution is 2.51. The zero-order chi connectivity index (χ0) is 37.6. The molecule has 10 rings (SSSR count). The first kappa shape index (κ1) is 33.4. The molecule has 1 aromatic heterocycles. The Bertz CT molecular complexity index is 2940. The molecule has 0 radical (unpaired) electrons. The molecule has 6 nitrogen and oxygen atoms in total. The number of benzene rings is 8. The molecule has 0 spiro atoms. The number of aliphatic imine (C=N–C) groups is 1. The molecular formula is C50H38N4O2. The standard InChI is InChI=1S/C50H38N4O2/c1-32(33-14-4-2-5-15-33)52-50(53-49(51)35-17-6-3-7-18-35)38-21-12-19-36(30-38)37-20-13-22-39(31-37)54-42-28-26-34-16-8-9-23-40(34)46(42)41-27-29-45-48(47(41)54)56-44-25-11-10-24-43(44)55-45/h2-32,50,52H,1H3,(H2,51,53). The quantitative estimate of drug-likeness (QED) is 0.121. The predicted molar refractivity (Wildman–Crippen MR) is 228 cm³/mol. The van der Waals surface area contributed by atoms with Crippen molar-refractivity contribution in [1.29, 1.82) is 0 Å². The lowest BCUT2D eigenvalue weighted by Crippen LogP contribution is -2.26. The Hall–Kier alpha value is -7.15. The molecule has 8 aromatic carbocycles. The smallest absolute Gasteiger partial charge is 0.194 e. The summed E-state index contributed by atoms with van der Waals surface area (Å²) < 4.78 is 15.5. The van der Waals surface area contributed by atoms with Gasteiger partial charge in [-0.1, -0.05) is 133 Å². The van der Waals surface area contributed by atoms with E-state index in [1.165, 1.54) is 21.7 Å². The molecule has 1 aliphatic rings. The number of aromatic nitrogens is 1. The summed E-state index contributed by atoms with van der Waals surface area (Å²) in [6, 6.07) is 62.6. The van der Waals surface area contributed by atoms with Crippen LogP contribution >= 0.6 is 0 Å². The monoisotopic (exact) mass is 726 g/mol. The fourth-order valence-electron chi connectivity index (χ4n) is 7.94. The van der Waals surface area contributed by atoms with E-state index in [-0.39, 0.29) is 6.04 Å². The molecule has 270 valence electrons. The zero-order valence-electron chi connectivity index (χ0n) is 30.8. The van der Waals surface area contributed by atoms with Crippen molar-refractivity contribution in [3.05, 3.63) is 199 Å². The van der Waals surface area contributed by atoms with Crippen molar-refractivity contribution in [2.45, 2.75) is 19.1 Å². The van der Waals surface area contributed by atoms with Gasteiger partial charge in [0.25, 0.3) is 0 Å². The summed E-state index contributed by atoms with van der Waals surface area (Å²) >= 11 is 0. The Morgan fingerprint density at radius 3 is 2.09 bits per heavy atom. The second-order valence-corrected chi connectivity index (χ2v) is 14.2. The Balaban J connectivity index is 1.11. The summed E-state index contributed by atoms with van der Waals surface area (Å²) in [5, 5.41) is 8.40. The number of para-hydroxylation sites is 2. The number of nitrogens with two attached hydrogens (primary N) is 1. The van der Waals surface area contributed by atoms with E-state index < -0.39 is 6.17 Å². The van der Waals surface area contributed by atoms with Crippen LogP contribution in [-0.4, -0.2) is 10.4 Å². The van der Waals surface area contributed by atoms with Gasteiger partial charge in [0.05, 0.1) is 5.52 Å². The van der Waals surface area contributed by atoms with Gasteiger partial charge >= 0.3 is 0 Å². The van der Waals surface area contributed by atoms with Crippen LogP contribution in [0.15, 0.2) is 187 Å². The highest BCUT2D eigenvalue weighted by molar-refractivity contribution is 6.22. The van der Waals surface area contributed by atoms with Crippen molar-refractivity contribution >= 4 is 38.4 Å². The van der Waals surface area contributed by atoms with Gasteiger partial charge in [0, 0.05) is 28.1 Å². The molecule has 0 fully saturated rings. The van der Waals surface area contributed by atoms with Gasteiger partial charge in [-0.25, -0.2) is 4.99 Å². The molecule has 3 N–H and O–H groups in total. The minimum absolute atomic E-state index is 0.0241. The largest absolute Gasteiger partial charge is 0.449 e. The van der Waals surface area contributed by atoms with E-state index in [2.05, 4.69) is 132 Å². The van der Waals surface area contributed by atoms with E-state index >= 15 is 0 Å². The molecule has 9 aromatic rings. The summed E-state index contributed by atoms with van der Waals surface area (Å²) in [5.74, 6) is 3.26. The van der Waals surface area contributed by atoms with Crippen LogP contribution in [0.3, 0.4) is 0 Å². The van der Waals surface area contributed by atoms with Crippen molar-refractivity contribution in [2.24, 2.45) is 10.7 Å². The first-order valence-electron chi connectivity index (χ1n) is 18.9. The Morgan fingerprint density at radius 2 is 1.27 bits per heavy atom. The predicted octanol–water partition coefficient (Wildman–Crippen LogP) is 12.3. The van der Waals surface area contributed by atoms with E-state index in [1.54, 1.807) is 0 Å². The number of ether oxygens (including phenoxy) is 2. The number of hydrogen-bond acceptors (Lipinski definition) is 4. The molecule has 0 saturated carbocycles. The third kappa shape index (κ3) is 5.93. The Morgan fingerprint density at radius 1 is 0.589 bits per heavy atom. The van der Waals surface area contributed by atoms with Gasteiger partial charge in [0.2, 0.25) is 0 Å². The van der Waals surface area contributed by atoms with Gasteiger partial charge in [-0.2, -0.15) is 0 Å². The molecule has 1 aliphatic heterocycles. The topological polar surface area (TPSA) is 73.8 Å². The second kappa shape index (κ2) is 13.9. The fourth-order valence-corrected chi connectivity index (χ4v) is 7.94. The van der Waals surface area contributed by atoms with Crippen LogP contribution in [0, 0.1) is 0 Å². The molecule has 2 heterocycles. The van der Waals surface area contributed by atoms with E-state index in [1.807, 2.05) is 66.7 Å². The van der Waals surface area contributed by atoms with Crippen LogP contribution in [0.25, 0.3) is 49.4 Å². The third-order valence-electron chi connectivity index (χ3n) is 10.7. The highest BCUT2D eigenvalue weighted by Gasteiger charge is 2.26. The van der Waals surface area contributed by atoms with Crippen LogP contribution < -0.4 is 20.5 Å². The second-order valence-electron chi connectivity index (χ2n) is 14.2. The summed E-state index contributed by atoms with van der Waals surface area (Å²) in [7, 11) is 0. The average Bonchev–Trinajstić information content (AvgIpc) is 3.61. The summed E-state index contributed by atoms with van der Waals surface area (Å²) in [5.41, 5.74) is 14.9. The van der Waals surface area contributed by atoms with E-state index in [9.17, 15) is 0 Å². The van der Waals surface area contributed by atoms with Gasteiger partial charge in [0.15, 0.2) is 23.0 Å². The molecule has 0 aliphatic carbocycles. The van der Waals surface area contributed by atoms with E-state index in [0.717, 1.165) is 44.4 Å². The van der Waals surface area contributed by atoms with Crippen LogP contribution in [0.1, 0.15) is 35.8 Å². The fraction of sp³-hybridized carbons (Fsp3) is 0.0600. The van der Waals surface area contributed by atoms with Gasteiger partial charge in [-0.15, -0.1) is 0 Å². The lowest BCUT2D eigenvalue weighted by molar-refractivity contribution is 0.362. The van der Waals surface area contributed by atoms with Crippen LogP contribution in [0.4, 0.5) is 0 Å². The van der Waals surface area contributed by atoms with Crippen molar-refractivity contribution < 1.29 is 9.47 Å². The maximum absolute atomic E-state index is 6.70. The molecule has 0 amide bonds. The van der Waals surface area contributed by atoms with Crippen molar-refractivity contribution in [1.82, 2.24) is 9.88 Å². The van der Waals surface area contributed by atoms with Crippen molar-refractivity contribution in [3.63, 3.8) is 0 Å². The lowest BCUT2D eigenvalue weighted by atomic mass is 10.0. The molecule has 0 saturated heterocycles. The Kier molecular flexibility index (Phi) is 8.31. The van der Waals surface area contributed by atoms with Crippen molar-refractivity contribution in [3.8, 4) is 39.8 Å². The molecule has 56 heavy (non-hydrogen) atoms. The van der Waals surface area contributed by atoms with E-state index in [0.29, 0.717) is 28.8 Å². The minimum atomic E-state index is -0.397. The maximum atomic E-state index is 6.70. The summed E-state index contributed by atoms with van der Waals surface area (Å²) in [6.45, 7) is 2.16. The molecule has 6 heteroatoms. The normalized spacial score (nSPS) is 13.5. The van der Waals surface area contributed by atoms with Crippen LogP contribution in [-0.2, 0) is 0 Å². The third-order valence-corrected chi connectivity index (χ3v) is 10.7. The number of amidine groups is 1. The minimum Gasteiger partial charge on any atom is -0.449 e. The summed E-state index contributed by atoms with van der Waals surface area (Å²) in [4.78, 5) is 5.08. The lowest BCUT2D eigenvalue weighted by Gasteiger charge is -2.23. The Labute approximate surface area is 325 Å². The first-order valence-corrected chi connectivity index (χ1v) is 18.9. The number of nitrogens with one attached hydrogen (secondary N) is 1. The van der Waals surface area contributed by atoms with Crippen LogP contribution in [0.5, 0.6) is 23.0 Å². The average molecular weight is 727 g/mol. The number of hydrogen-bond donors (Lipinski definition) is 2. The van der Waals surface area contributed by atoms with E-state index in [4.69, 9.17) is 20.2 Å². The maximum Gasteiger partial charge on any atom is 0.194 e. The number of nitrogens with zero attached hydrogens (tertiary/aromatic N) is 2. The molecular weight excluding hydrogens is 689 g/mol. The first-order chi connectivity index (χ1) is 27.6. The van der Waals surface area contributed by atoms with Crippen molar-refractivity contribution in [2.75, 3.05) is 0 Å². The van der Waals surface area contributed by atoms with Gasteiger partial charge in [-0.3, -0.25) is 5.32 Å².